The molecule has 3 rings (SSSR count). The molecule has 1 aliphatic rings. The Hall–Kier alpha value is -1.50. The summed E-state index contributed by atoms with van der Waals surface area (Å²) in [4.78, 5) is 0. The smallest absolute Gasteiger partial charge is 0.0488 e. The number of aromatic nitrogens is 1. The fourth-order valence-electron chi connectivity index (χ4n) is 3.28. The Balaban J connectivity index is -0.000000604. The second-order valence-electron chi connectivity index (χ2n) is 5.56. The zero-order valence-electron chi connectivity index (χ0n) is 18.0. The van der Waals surface area contributed by atoms with Crippen LogP contribution in [-0.2, 0) is 13.0 Å². The van der Waals surface area contributed by atoms with Gasteiger partial charge in [0, 0.05) is 23.1 Å². The van der Waals surface area contributed by atoms with E-state index in [-0.39, 0.29) is 14.9 Å². The summed E-state index contributed by atoms with van der Waals surface area (Å²) in [5.74, 6) is 0. The molecule has 152 valence electrons. The molecule has 0 amide bonds. The van der Waals surface area contributed by atoms with Crippen LogP contribution in [-0.4, -0.2) is 4.57 Å². The van der Waals surface area contributed by atoms with Crippen LogP contribution in [0.4, 0.5) is 0 Å². The van der Waals surface area contributed by atoms with Crippen molar-refractivity contribution in [3.8, 4) is 0 Å². The normalized spacial score (nSPS) is 10.9. The van der Waals surface area contributed by atoms with Crippen molar-refractivity contribution in [2.45, 2.75) is 104 Å². The second kappa shape index (κ2) is 13.7. The van der Waals surface area contributed by atoms with Crippen molar-refractivity contribution >= 4 is 16.5 Å². The highest BCUT2D eigenvalue weighted by Gasteiger charge is 2.19. The number of allylic oxidation sites excluding steroid dienone is 2. The third-order valence-electron chi connectivity index (χ3n) is 4.68. The van der Waals surface area contributed by atoms with Crippen LogP contribution in [0.5, 0.6) is 0 Å². The quantitative estimate of drug-likeness (QED) is 0.477. The highest BCUT2D eigenvalue weighted by atomic mass is 15.0. The van der Waals surface area contributed by atoms with Crippen LogP contribution in [0.3, 0.4) is 0 Å². The van der Waals surface area contributed by atoms with Crippen LogP contribution in [0.1, 0.15) is 99.6 Å². The minimum atomic E-state index is 0. The predicted molar refractivity (Wildman–Crippen MR) is 127 cm³/mol. The summed E-state index contributed by atoms with van der Waals surface area (Å²) >= 11 is 0. The Kier molecular flexibility index (Phi) is 15.4. The molecule has 0 saturated carbocycles. The number of rotatable bonds is 1. The zero-order valence-corrected chi connectivity index (χ0v) is 18.0. The molecule has 1 aromatic carbocycles. The fraction of sp³-hybridized carbons (Fsp3) is 0.600. The van der Waals surface area contributed by atoms with Gasteiger partial charge >= 0.3 is 0 Å². The molecule has 26 heavy (non-hydrogen) atoms. The maximum atomic E-state index is 2.44. The first-order chi connectivity index (χ1) is 11.5. The Morgan fingerprint density at radius 3 is 1.81 bits per heavy atom. The van der Waals surface area contributed by atoms with Gasteiger partial charge in [0.1, 0.15) is 0 Å². The van der Waals surface area contributed by atoms with Gasteiger partial charge in [0.2, 0.25) is 0 Å². The van der Waals surface area contributed by atoms with Gasteiger partial charge in [0.25, 0.3) is 0 Å². The number of aryl methyl sites for hydroxylation is 2. The second-order valence-corrected chi connectivity index (χ2v) is 5.56. The molecule has 0 unspecified atom stereocenters. The third-order valence-corrected chi connectivity index (χ3v) is 4.68. The van der Waals surface area contributed by atoms with Gasteiger partial charge in [-0.1, -0.05) is 62.0 Å². The van der Waals surface area contributed by atoms with Crippen LogP contribution >= 0.6 is 0 Å². The van der Waals surface area contributed by atoms with Gasteiger partial charge < -0.3 is 4.57 Å². The molecule has 0 spiro atoms. The first-order valence-corrected chi connectivity index (χ1v) is 9.83. The largest absolute Gasteiger partial charge is 0.345 e. The first kappa shape index (κ1) is 29.3. The van der Waals surface area contributed by atoms with Crippen molar-refractivity contribution in [3.63, 3.8) is 0 Å². The molecule has 1 heteroatoms. The van der Waals surface area contributed by atoms with Crippen LogP contribution in [0, 0.1) is 13.8 Å². The topological polar surface area (TPSA) is 4.93 Å². The lowest BCUT2D eigenvalue weighted by Crippen LogP contribution is -1.97. The van der Waals surface area contributed by atoms with Crippen LogP contribution < -0.4 is 0 Å². The fourth-order valence-corrected chi connectivity index (χ4v) is 3.28. The van der Waals surface area contributed by atoms with E-state index < -0.39 is 0 Å². The van der Waals surface area contributed by atoms with Gasteiger partial charge in [0.15, 0.2) is 0 Å². The standard InChI is InChI=1S/C17H21N.3C2H6.2CH4/c1-6-18-13(5)12(4)16-9-15-11(3)10(2)7-14(15)8-17(16)18;3*1-2;;/h8-9H,6-7H2,1-5H3;3*1-2H3;2*1H4. The molecule has 0 aliphatic heterocycles. The molecule has 1 heterocycles. The molecule has 0 fully saturated rings. The lowest BCUT2D eigenvalue weighted by Gasteiger charge is -2.06. The van der Waals surface area contributed by atoms with Gasteiger partial charge in [0.05, 0.1) is 0 Å². The third kappa shape index (κ3) is 5.25. The van der Waals surface area contributed by atoms with Crippen molar-refractivity contribution in [1.82, 2.24) is 4.57 Å². The number of benzene rings is 1. The lowest BCUT2D eigenvalue weighted by molar-refractivity contribution is 0.766. The predicted octanol–water partition coefficient (Wildman–Crippen LogP) is 8.98. The Morgan fingerprint density at radius 1 is 0.846 bits per heavy atom. The summed E-state index contributed by atoms with van der Waals surface area (Å²) in [5.41, 5.74) is 10.2. The molecule has 0 radical (unpaired) electrons. The highest BCUT2D eigenvalue weighted by Crippen LogP contribution is 2.37. The number of hydrogen-bond acceptors (Lipinski definition) is 0. The van der Waals surface area contributed by atoms with E-state index in [4.69, 9.17) is 0 Å². The van der Waals surface area contributed by atoms with Crippen molar-refractivity contribution in [2.75, 3.05) is 0 Å². The summed E-state index contributed by atoms with van der Waals surface area (Å²) in [6.07, 6.45) is 1.13. The molecule has 0 saturated heterocycles. The summed E-state index contributed by atoms with van der Waals surface area (Å²) in [6, 6.07) is 4.82. The summed E-state index contributed by atoms with van der Waals surface area (Å²) in [7, 11) is 0. The summed E-state index contributed by atoms with van der Waals surface area (Å²) in [5, 5.41) is 1.43. The maximum Gasteiger partial charge on any atom is 0.0488 e. The van der Waals surface area contributed by atoms with E-state index in [2.05, 4.69) is 51.3 Å². The SMILES string of the molecule is C.C.CC.CC.CC.CCn1c(C)c(C)c2cc3c(cc21)CC(C)=C3C. The van der Waals surface area contributed by atoms with Crippen LogP contribution in [0.15, 0.2) is 17.7 Å². The van der Waals surface area contributed by atoms with E-state index in [9.17, 15) is 0 Å². The number of nitrogens with zero attached hydrogens (tertiary/aromatic N) is 1. The van der Waals surface area contributed by atoms with E-state index in [0.717, 1.165) is 13.0 Å². The molecule has 1 nitrogen and oxygen atoms in total. The van der Waals surface area contributed by atoms with E-state index in [0.29, 0.717) is 0 Å². The molecule has 0 bridgehead atoms. The monoisotopic (exact) mass is 361 g/mol. The van der Waals surface area contributed by atoms with Gasteiger partial charge in [-0.05, 0) is 75.4 Å². The summed E-state index contributed by atoms with van der Waals surface area (Å²) in [6.45, 7) is 24.3. The molecular weight excluding hydrogens is 314 g/mol. The zero-order chi connectivity index (χ0) is 19.0. The van der Waals surface area contributed by atoms with Crippen molar-refractivity contribution in [3.05, 3.63) is 40.1 Å². The number of hydrogen-bond donors (Lipinski definition) is 0. The van der Waals surface area contributed by atoms with E-state index in [1.807, 2.05) is 41.5 Å². The Morgan fingerprint density at radius 2 is 1.35 bits per heavy atom. The molecule has 1 aromatic heterocycles. The van der Waals surface area contributed by atoms with Crippen LogP contribution in [0.2, 0.25) is 0 Å². The average Bonchev–Trinajstić information content (AvgIpc) is 3.05. The maximum absolute atomic E-state index is 2.44. The summed E-state index contributed by atoms with van der Waals surface area (Å²) < 4.78 is 2.44. The van der Waals surface area contributed by atoms with E-state index >= 15 is 0 Å². The van der Waals surface area contributed by atoms with Crippen molar-refractivity contribution in [1.29, 1.82) is 0 Å². The molecule has 0 atom stereocenters. The molecule has 1 aliphatic carbocycles. The van der Waals surface area contributed by atoms with E-state index in [1.165, 1.54) is 44.4 Å². The van der Waals surface area contributed by atoms with Gasteiger partial charge in [-0.2, -0.15) is 0 Å². The van der Waals surface area contributed by atoms with Crippen molar-refractivity contribution in [2.24, 2.45) is 0 Å². The minimum absolute atomic E-state index is 0. The van der Waals surface area contributed by atoms with Crippen molar-refractivity contribution < 1.29 is 0 Å². The Bertz CT molecular complexity index is 684. The molecule has 2 aromatic rings. The molecule has 0 N–H and O–H groups in total. The van der Waals surface area contributed by atoms with Gasteiger partial charge in [-0.3, -0.25) is 0 Å². The van der Waals surface area contributed by atoms with E-state index in [1.54, 1.807) is 0 Å². The first-order valence-electron chi connectivity index (χ1n) is 9.83. The van der Waals surface area contributed by atoms with Gasteiger partial charge in [-0.25, -0.2) is 0 Å². The van der Waals surface area contributed by atoms with Gasteiger partial charge in [-0.15, -0.1) is 0 Å². The number of fused-ring (bicyclic) bond motifs is 2. The Labute approximate surface area is 165 Å². The molecular formula is C25H47N. The minimum Gasteiger partial charge on any atom is -0.345 e. The highest BCUT2D eigenvalue weighted by molar-refractivity contribution is 5.91. The van der Waals surface area contributed by atoms with Crippen LogP contribution in [0.25, 0.3) is 16.5 Å². The lowest BCUT2D eigenvalue weighted by atomic mass is 10.0. The average molecular weight is 362 g/mol.